The van der Waals surface area contributed by atoms with Gasteiger partial charge < -0.3 is 0 Å². The first-order valence-corrected chi connectivity index (χ1v) is 35.0. The highest BCUT2D eigenvalue weighted by Crippen LogP contribution is 2.30. The van der Waals surface area contributed by atoms with Crippen LogP contribution in [-0.4, -0.2) is 0 Å². The molecule has 0 aliphatic rings. The maximum Gasteiger partial charge on any atom is 0.215 e. The lowest BCUT2D eigenvalue weighted by molar-refractivity contribution is -0.667. The van der Waals surface area contributed by atoms with Crippen LogP contribution in [0.5, 0.6) is 0 Å². The van der Waals surface area contributed by atoms with Gasteiger partial charge >= 0.3 is 0 Å². The third-order valence-corrected chi connectivity index (χ3v) is 20.7. The number of aromatic nitrogens is 6. The van der Waals surface area contributed by atoms with Gasteiger partial charge in [0.2, 0.25) is 34.2 Å². The van der Waals surface area contributed by atoms with E-state index in [9.17, 15) is 0 Å². The minimum absolute atomic E-state index is 1.27. The lowest BCUT2D eigenvalue weighted by atomic mass is 9.96. The average molecular weight is 1320 g/mol. The summed E-state index contributed by atoms with van der Waals surface area (Å²) in [6.07, 6.45) is 6.26. The van der Waals surface area contributed by atoms with E-state index in [2.05, 4.69) is 416 Å². The minimum atomic E-state index is 1.27. The molecule has 6 aromatic heterocycles. The molecule has 0 saturated carbocycles. The van der Waals surface area contributed by atoms with Crippen LogP contribution in [0.15, 0.2) is 201 Å². The Morgan fingerprint density at radius 2 is 0.636 bits per heavy atom. The Hall–Kier alpha value is -9.78. The first-order chi connectivity index (χ1) is 46.9. The highest BCUT2D eigenvalue weighted by molar-refractivity contribution is 5.68. The Kier molecular flexibility index (Phi) is 26.4. The second-order valence-electron chi connectivity index (χ2n) is 27.7. The van der Waals surface area contributed by atoms with Crippen molar-refractivity contribution in [3.05, 3.63) is 318 Å². The molecule has 510 valence electrons. The molecule has 6 aromatic carbocycles. The molecule has 0 bridgehead atoms. The number of aryl methyl sites for hydroxylation is 17. The van der Waals surface area contributed by atoms with Crippen LogP contribution < -0.4 is 27.4 Å². The molecule has 0 radical (unpaired) electrons. The summed E-state index contributed by atoms with van der Waals surface area (Å²) in [4.78, 5) is 0. The fourth-order valence-corrected chi connectivity index (χ4v) is 13.2. The third kappa shape index (κ3) is 18.3. The molecule has 0 amide bonds. The molecule has 0 spiro atoms. The highest BCUT2D eigenvalue weighted by Gasteiger charge is 2.23. The van der Waals surface area contributed by atoms with Gasteiger partial charge in [0.15, 0.2) is 35.7 Å². The van der Waals surface area contributed by atoms with Crippen LogP contribution in [0.25, 0.3) is 67.5 Å². The summed E-state index contributed by atoms with van der Waals surface area (Å²) in [6, 6.07) is 64.9. The van der Waals surface area contributed by atoms with E-state index >= 15 is 0 Å². The van der Waals surface area contributed by atoms with Crippen LogP contribution in [0.3, 0.4) is 0 Å². The van der Waals surface area contributed by atoms with Gasteiger partial charge in [0, 0.05) is 125 Å². The Morgan fingerprint density at radius 3 is 1.15 bits per heavy atom. The lowest BCUT2D eigenvalue weighted by Crippen LogP contribution is -2.36. The monoisotopic (exact) mass is 1310 g/mol. The molecule has 0 aliphatic carbocycles. The van der Waals surface area contributed by atoms with E-state index in [1.54, 1.807) is 0 Å². The first-order valence-electron chi connectivity index (χ1n) is 35.0. The number of hydrogen-bond acceptors (Lipinski definition) is 0. The van der Waals surface area contributed by atoms with E-state index in [0.717, 1.165) is 0 Å². The molecule has 6 nitrogen and oxygen atoms in total. The largest absolute Gasteiger partial charge is 0.215 e. The van der Waals surface area contributed by atoms with Gasteiger partial charge in [-0.1, -0.05) is 78.4 Å². The number of pyridine rings is 6. The Labute approximate surface area is 597 Å². The number of rotatable bonds is 6. The average Bonchev–Trinajstić information content (AvgIpc) is 0.816. The van der Waals surface area contributed by atoms with Gasteiger partial charge in [-0.3, -0.25) is 0 Å². The quantitative estimate of drug-likeness (QED) is 0.148. The van der Waals surface area contributed by atoms with Crippen molar-refractivity contribution in [2.24, 2.45) is 42.3 Å². The summed E-state index contributed by atoms with van der Waals surface area (Å²) in [6.45, 7) is 45.7. The zero-order chi connectivity index (χ0) is 72.9. The molecule has 12 rings (SSSR count). The smallest absolute Gasteiger partial charge is 0.201 e. The Morgan fingerprint density at radius 1 is 0.202 bits per heavy atom. The maximum atomic E-state index is 2.30. The van der Waals surface area contributed by atoms with Crippen molar-refractivity contribution in [1.82, 2.24) is 0 Å². The topological polar surface area (TPSA) is 23.3 Å². The van der Waals surface area contributed by atoms with Gasteiger partial charge in [-0.2, -0.15) is 13.7 Å². The van der Waals surface area contributed by atoms with Crippen LogP contribution in [0.1, 0.15) is 117 Å². The number of benzene rings is 6. The van der Waals surface area contributed by atoms with Crippen LogP contribution in [0.2, 0.25) is 0 Å². The summed E-state index contributed by atoms with van der Waals surface area (Å²) in [5.41, 5.74) is 44.1. The zero-order valence-corrected chi connectivity index (χ0v) is 65.2. The molecular formula is C93H114N6+6. The molecule has 99 heavy (non-hydrogen) atoms. The Bertz CT molecular complexity index is 4800. The van der Waals surface area contributed by atoms with Crippen molar-refractivity contribution in [2.75, 3.05) is 0 Å². The van der Waals surface area contributed by atoms with Gasteiger partial charge in [-0.05, 0) is 258 Å². The normalized spacial score (nSPS) is 10.6. The lowest BCUT2D eigenvalue weighted by Gasteiger charge is -2.10. The van der Waals surface area contributed by atoms with E-state index in [4.69, 9.17) is 0 Å². The van der Waals surface area contributed by atoms with Crippen molar-refractivity contribution in [3.63, 3.8) is 0 Å². The van der Waals surface area contributed by atoms with Crippen LogP contribution >= 0.6 is 0 Å². The molecule has 0 unspecified atom stereocenters. The predicted molar refractivity (Wildman–Crippen MR) is 418 cm³/mol. The van der Waals surface area contributed by atoms with E-state index in [0.29, 0.717) is 0 Å². The molecule has 6 heterocycles. The van der Waals surface area contributed by atoms with Gasteiger partial charge in [0.25, 0.3) is 0 Å². The summed E-state index contributed by atoms with van der Waals surface area (Å²) >= 11 is 0. The highest BCUT2D eigenvalue weighted by atomic mass is 15.0. The third-order valence-electron chi connectivity index (χ3n) is 20.7. The molecule has 0 aliphatic heterocycles. The molecule has 0 saturated heterocycles. The summed E-state index contributed by atoms with van der Waals surface area (Å²) in [5.74, 6) is 0. The molecule has 0 atom stereocenters. The minimum Gasteiger partial charge on any atom is -0.201 e. The fraction of sp³-hybridized carbons (Fsp3) is 0.290. The van der Waals surface area contributed by atoms with E-state index in [-0.39, 0.29) is 0 Å². The van der Waals surface area contributed by atoms with Crippen LogP contribution in [0.4, 0.5) is 0 Å². The van der Waals surface area contributed by atoms with Crippen molar-refractivity contribution < 1.29 is 27.4 Å². The Balaban J connectivity index is 0.000000167. The summed E-state index contributed by atoms with van der Waals surface area (Å²) in [5, 5.41) is 0. The van der Waals surface area contributed by atoms with Crippen molar-refractivity contribution >= 4 is 0 Å². The van der Waals surface area contributed by atoms with E-state index in [1.165, 1.54) is 185 Å². The molecule has 12 aromatic rings. The number of hydrogen-bond donors (Lipinski definition) is 0. The van der Waals surface area contributed by atoms with Crippen molar-refractivity contribution in [1.29, 1.82) is 0 Å². The van der Waals surface area contributed by atoms with Gasteiger partial charge in [0.1, 0.15) is 42.3 Å². The zero-order valence-electron chi connectivity index (χ0n) is 65.2. The molecule has 6 heteroatoms. The van der Waals surface area contributed by atoms with Crippen LogP contribution in [0, 0.1) is 145 Å². The van der Waals surface area contributed by atoms with Gasteiger partial charge in [-0.15, -0.1) is 0 Å². The number of nitrogens with zero attached hydrogens (tertiary/aromatic N) is 6. The first kappa shape index (κ1) is 76.6. The standard InChI is InChI=1S/3C16H20N.3C15H18N/c1-11-8-6-7-9-15(11)16-10-12(2)13(3)14(4)17(16)5;1-11-8-6-7-9-15(11)16-14(4)12(2)10-13(3)17(16)5;1-11-8-6-7-9-15(11)16-13(3)10-12(2)14(4)17(16)5;1-11-8-9-14(13(3)12(11)2)15-7-5-6-10-16(15)4;1-11-9-13(3)14(10-12(11)2)15-7-5-6-8-16(15)4;1-11-9-12(2)13(3)14(10-11)15-7-5-6-8-16(15)4/h3*6-10H,1-5H3;3*5-10H,1-4H3/q6*+1. The van der Waals surface area contributed by atoms with Crippen molar-refractivity contribution in [3.8, 4) is 67.5 Å². The maximum absolute atomic E-state index is 2.30. The van der Waals surface area contributed by atoms with Gasteiger partial charge in [0.05, 0.1) is 0 Å². The van der Waals surface area contributed by atoms with Crippen LogP contribution in [-0.2, 0) is 42.3 Å². The predicted octanol–water partition coefficient (Wildman–Crippen LogP) is 19.5. The van der Waals surface area contributed by atoms with E-state index < -0.39 is 0 Å². The summed E-state index contributed by atoms with van der Waals surface area (Å²) < 4.78 is 13.4. The van der Waals surface area contributed by atoms with Gasteiger partial charge in [-0.25, -0.2) is 13.7 Å². The molecule has 0 fully saturated rings. The fourth-order valence-electron chi connectivity index (χ4n) is 13.2. The second kappa shape index (κ2) is 34.1. The second-order valence-corrected chi connectivity index (χ2v) is 27.7. The summed E-state index contributed by atoms with van der Waals surface area (Å²) in [7, 11) is 12.7. The van der Waals surface area contributed by atoms with E-state index in [1.807, 2.05) is 0 Å². The molecule has 0 N–H and O–H groups in total. The SMILES string of the molecule is Cc1cc(C)c(-c2cccc[n+]2C)cc1C.Cc1cc(C)c(C)c(-c2cccc[n+]2C)c1.Cc1ccc(-c2cccc[n+]2C)c(C)c1C.Cc1ccccc1-c1c(C)c(C)cc(C)[n+]1C.Cc1ccccc1-c1c(C)cc(C)c(C)[n+]1C.Cc1ccccc1-c1cc(C)c(C)c(C)[n+]1C. The van der Waals surface area contributed by atoms with Crippen molar-refractivity contribution in [2.45, 2.75) is 145 Å². The molecular weight excluding hydrogens is 1200 g/mol.